The molecule has 0 aliphatic carbocycles. The molecule has 0 bridgehead atoms. The minimum atomic E-state index is 0.714. The van der Waals surface area contributed by atoms with Gasteiger partial charge in [-0.1, -0.05) is 133 Å². The topological polar surface area (TPSA) is 30.7 Å². The lowest BCUT2D eigenvalue weighted by molar-refractivity contribution is 1.18. The highest BCUT2D eigenvalue weighted by Crippen LogP contribution is 2.44. The van der Waals surface area contributed by atoms with Crippen LogP contribution >= 0.6 is 22.7 Å². The van der Waals surface area contributed by atoms with E-state index in [2.05, 4.69) is 180 Å². The van der Waals surface area contributed by atoms with Gasteiger partial charge in [0.2, 0.25) is 0 Å². The summed E-state index contributed by atoms with van der Waals surface area (Å²) in [5, 5.41) is 8.70. The van der Waals surface area contributed by atoms with E-state index < -0.39 is 0 Å². The molecule has 0 radical (unpaired) electrons. The van der Waals surface area contributed by atoms with Crippen LogP contribution in [0.3, 0.4) is 0 Å². The van der Waals surface area contributed by atoms with Gasteiger partial charge in [-0.05, 0) is 59.0 Å². The van der Waals surface area contributed by atoms with Gasteiger partial charge in [0.15, 0.2) is 5.82 Å². The molecule has 55 heavy (non-hydrogen) atoms. The Morgan fingerprint density at radius 3 is 1.89 bits per heavy atom. The van der Waals surface area contributed by atoms with Crippen LogP contribution in [0.4, 0.5) is 0 Å². The SMILES string of the molecule is c1ccc(-c2cc(-c3nc(-c4ccccc4)c4sc5ccccc5c4n3)cc(-n3c4cc5sc6ccccc6c5cc4c4ccc5ccccc5c43)c2)cc1. The molecule has 0 aliphatic heterocycles. The molecule has 0 saturated heterocycles. The molecule has 3 nitrogen and oxygen atoms in total. The summed E-state index contributed by atoms with van der Waals surface area (Å²) >= 11 is 3.63. The Balaban J connectivity index is 1.21. The van der Waals surface area contributed by atoms with Crippen molar-refractivity contribution in [1.82, 2.24) is 14.5 Å². The second-order valence-electron chi connectivity index (χ2n) is 14.2. The molecule has 4 heterocycles. The van der Waals surface area contributed by atoms with Crippen LogP contribution < -0.4 is 0 Å². The molecule has 0 aliphatic rings. The van der Waals surface area contributed by atoms with Crippen LogP contribution in [0, 0.1) is 0 Å². The molecular weight excluding hydrogens is 707 g/mol. The molecule has 0 N–H and O–H groups in total. The van der Waals surface area contributed by atoms with Crippen molar-refractivity contribution in [2.24, 2.45) is 0 Å². The molecule has 0 spiro atoms. The molecular formula is C50H29N3S2. The largest absolute Gasteiger partial charge is 0.309 e. The van der Waals surface area contributed by atoms with Gasteiger partial charge in [-0.15, -0.1) is 22.7 Å². The molecule has 12 rings (SSSR count). The summed E-state index contributed by atoms with van der Waals surface area (Å²) in [6.45, 7) is 0. The highest BCUT2D eigenvalue weighted by molar-refractivity contribution is 7.26. The highest BCUT2D eigenvalue weighted by Gasteiger charge is 2.21. The maximum Gasteiger partial charge on any atom is 0.160 e. The summed E-state index contributed by atoms with van der Waals surface area (Å²) in [6, 6.07) is 63.6. The molecule has 0 saturated carbocycles. The van der Waals surface area contributed by atoms with Crippen LogP contribution in [0.5, 0.6) is 0 Å². The number of hydrogen-bond acceptors (Lipinski definition) is 4. The number of aromatic nitrogens is 3. The fourth-order valence-electron chi connectivity index (χ4n) is 8.44. The predicted octanol–water partition coefficient (Wildman–Crippen LogP) is 14.5. The Labute approximate surface area is 324 Å². The minimum Gasteiger partial charge on any atom is -0.309 e. The molecule has 0 fully saturated rings. The van der Waals surface area contributed by atoms with Crippen LogP contribution in [0.25, 0.3) is 113 Å². The van der Waals surface area contributed by atoms with Crippen LogP contribution in [0.15, 0.2) is 176 Å². The van der Waals surface area contributed by atoms with Crippen molar-refractivity contribution in [2.45, 2.75) is 0 Å². The monoisotopic (exact) mass is 735 g/mol. The number of nitrogens with zero attached hydrogens (tertiary/aromatic N) is 3. The van der Waals surface area contributed by atoms with Crippen LogP contribution in [-0.2, 0) is 0 Å². The maximum absolute atomic E-state index is 5.43. The van der Waals surface area contributed by atoms with Crippen molar-refractivity contribution in [2.75, 3.05) is 0 Å². The molecule has 256 valence electrons. The summed E-state index contributed by atoms with van der Waals surface area (Å²) in [4.78, 5) is 10.8. The molecule has 0 unspecified atom stereocenters. The van der Waals surface area contributed by atoms with Gasteiger partial charge in [0.05, 0.1) is 26.9 Å². The van der Waals surface area contributed by atoms with Gasteiger partial charge in [0.25, 0.3) is 0 Å². The predicted molar refractivity (Wildman–Crippen MR) is 236 cm³/mol. The fourth-order valence-corrected chi connectivity index (χ4v) is 10.7. The van der Waals surface area contributed by atoms with E-state index in [1.165, 1.54) is 57.5 Å². The van der Waals surface area contributed by atoms with Gasteiger partial charge in [-0.3, -0.25) is 0 Å². The molecule has 8 aromatic carbocycles. The first-order valence-corrected chi connectivity index (χ1v) is 20.1. The number of fused-ring (bicyclic) bond motifs is 11. The van der Waals surface area contributed by atoms with E-state index in [9.17, 15) is 0 Å². The summed E-state index contributed by atoms with van der Waals surface area (Å²) in [5.74, 6) is 0.714. The van der Waals surface area contributed by atoms with E-state index in [0.717, 1.165) is 49.2 Å². The molecule has 4 aromatic heterocycles. The highest BCUT2D eigenvalue weighted by atomic mass is 32.1. The summed E-state index contributed by atoms with van der Waals surface area (Å²) in [6.07, 6.45) is 0. The summed E-state index contributed by atoms with van der Waals surface area (Å²) in [5.41, 5.74) is 9.75. The Bertz CT molecular complexity index is 3480. The number of rotatable bonds is 4. The zero-order chi connectivity index (χ0) is 36.0. The first kappa shape index (κ1) is 30.8. The van der Waals surface area contributed by atoms with E-state index in [4.69, 9.17) is 9.97 Å². The Hall–Kier alpha value is -6.66. The summed E-state index contributed by atoms with van der Waals surface area (Å²) in [7, 11) is 0. The van der Waals surface area contributed by atoms with Crippen molar-refractivity contribution >= 4 is 95.7 Å². The molecule has 0 atom stereocenters. The van der Waals surface area contributed by atoms with Gasteiger partial charge in [-0.2, -0.15) is 0 Å². The van der Waals surface area contributed by atoms with E-state index in [0.29, 0.717) is 5.82 Å². The van der Waals surface area contributed by atoms with Gasteiger partial charge in [-0.25, -0.2) is 9.97 Å². The van der Waals surface area contributed by atoms with Crippen molar-refractivity contribution in [3.05, 3.63) is 176 Å². The maximum atomic E-state index is 5.43. The summed E-state index contributed by atoms with van der Waals surface area (Å²) < 4.78 is 7.40. The zero-order valence-corrected chi connectivity index (χ0v) is 31.0. The van der Waals surface area contributed by atoms with E-state index in [-0.39, 0.29) is 0 Å². The quantitative estimate of drug-likeness (QED) is 0.180. The van der Waals surface area contributed by atoms with E-state index in [1.54, 1.807) is 11.3 Å². The third-order valence-corrected chi connectivity index (χ3v) is 13.3. The lowest BCUT2D eigenvalue weighted by Crippen LogP contribution is -1.99. The van der Waals surface area contributed by atoms with Crippen molar-refractivity contribution in [3.8, 4) is 39.5 Å². The third-order valence-electron chi connectivity index (χ3n) is 11.0. The Morgan fingerprint density at radius 2 is 1.07 bits per heavy atom. The second-order valence-corrected chi connectivity index (χ2v) is 16.3. The van der Waals surface area contributed by atoms with Crippen LogP contribution in [0.1, 0.15) is 0 Å². The molecule has 0 amide bonds. The van der Waals surface area contributed by atoms with E-state index >= 15 is 0 Å². The first-order valence-electron chi connectivity index (χ1n) is 18.5. The molecule has 12 aromatic rings. The number of hydrogen-bond donors (Lipinski definition) is 0. The van der Waals surface area contributed by atoms with Crippen molar-refractivity contribution < 1.29 is 0 Å². The van der Waals surface area contributed by atoms with Gasteiger partial charge >= 0.3 is 0 Å². The van der Waals surface area contributed by atoms with Crippen molar-refractivity contribution in [3.63, 3.8) is 0 Å². The fraction of sp³-hybridized carbons (Fsp3) is 0. The number of benzene rings is 8. The third kappa shape index (κ3) is 4.74. The minimum absolute atomic E-state index is 0.714. The molecule has 5 heteroatoms. The van der Waals surface area contributed by atoms with Gasteiger partial charge < -0.3 is 4.57 Å². The van der Waals surface area contributed by atoms with Gasteiger partial charge in [0, 0.05) is 63.2 Å². The Kier molecular flexibility index (Phi) is 6.67. The standard InChI is InChI=1S/C50H29N3S2/c1-3-13-30(14-4-1)33-25-34(50-51-46(32-16-5-2-6-17-32)49-47(52-50)39-20-10-12-22-44(39)55-49)27-35(26-33)53-42-29-45-41(37-19-9-11-21-43(37)54-45)28-40(42)38-24-23-31-15-7-8-18-36(31)48(38)53/h1-29H. The number of thiophene rings is 2. The van der Waals surface area contributed by atoms with E-state index in [1.807, 2.05) is 11.3 Å². The van der Waals surface area contributed by atoms with Crippen molar-refractivity contribution in [1.29, 1.82) is 0 Å². The normalized spacial score (nSPS) is 12.0. The Morgan fingerprint density at radius 1 is 0.400 bits per heavy atom. The smallest absolute Gasteiger partial charge is 0.160 e. The average Bonchev–Trinajstić information content (AvgIpc) is 3.92. The zero-order valence-electron chi connectivity index (χ0n) is 29.4. The van der Waals surface area contributed by atoms with Gasteiger partial charge in [0.1, 0.15) is 0 Å². The average molecular weight is 736 g/mol. The first-order chi connectivity index (χ1) is 27.2. The lowest BCUT2D eigenvalue weighted by Gasteiger charge is -2.15. The van der Waals surface area contributed by atoms with Crippen LogP contribution in [0.2, 0.25) is 0 Å². The van der Waals surface area contributed by atoms with Crippen LogP contribution in [-0.4, -0.2) is 14.5 Å². The second kappa shape index (κ2) is 11.9. The lowest BCUT2D eigenvalue weighted by atomic mass is 10.0.